The van der Waals surface area contributed by atoms with Crippen LogP contribution in [-0.2, 0) is 12.8 Å². The van der Waals surface area contributed by atoms with Crippen LogP contribution in [0, 0.1) is 5.92 Å². The van der Waals surface area contributed by atoms with Gasteiger partial charge in [0.15, 0.2) is 0 Å². The molecule has 0 saturated heterocycles. The van der Waals surface area contributed by atoms with Crippen molar-refractivity contribution in [3.8, 4) is 0 Å². The Morgan fingerprint density at radius 1 is 1.33 bits per heavy atom. The van der Waals surface area contributed by atoms with Gasteiger partial charge in [0.25, 0.3) is 0 Å². The summed E-state index contributed by atoms with van der Waals surface area (Å²) in [6.07, 6.45) is 8.31. The first kappa shape index (κ1) is 13.6. The summed E-state index contributed by atoms with van der Waals surface area (Å²) in [5, 5.41) is 3.52. The van der Waals surface area contributed by atoms with E-state index in [4.69, 9.17) is 0 Å². The zero-order chi connectivity index (χ0) is 13.0. The minimum atomic E-state index is 0.545. The number of hydrogen-bond acceptors (Lipinski definition) is 2. The van der Waals surface area contributed by atoms with Gasteiger partial charge in [0.1, 0.15) is 0 Å². The molecule has 0 saturated carbocycles. The molecule has 0 bridgehead atoms. The Morgan fingerprint density at radius 2 is 2.11 bits per heavy atom. The minimum absolute atomic E-state index is 0.545. The second-order valence-electron chi connectivity index (χ2n) is 5.67. The molecule has 0 amide bonds. The highest BCUT2D eigenvalue weighted by atomic mass is 15.1. The second kappa shape index (κ2) is 6.37. The fourth-order valence-corrected chi connectivity index (χ4v) is 2.79. The quantitative estimate of drug-likeness (QED) is 0.786. The predicted molar refractivity (Wildman–Crippen MR) is 75.9 cm³/mol. The van der Waals surface area contributed by atoms with Gasteiger partial charge >= 0.3 is 0 Å². The fourth-order valence-electron chi connectivity index (χ4n) is 2.79. The van der Waals surface area contributed by atoms with Crippen LogP contribution in [0.25, 0.3) is 0 Å². The van der Waals surface area contributed by atoms with Crippen molar-refractivity contribution in [2.24, 2.45) is 5.92 Å². The molecule has 1 N–H and O–H groups in total. The Morgan fingerprint density at radius 3 is 2.89 bits per heavy atom. The summed E-state index contributed by atoms with van der Waals surface area (Å²) in [6.45, 7) is 9.10. The zero-order valence-corrected chi connectivity index (χ0v) is 12.1. The lowest BCUT2D eigenvalue weighted by Crippen LogP contribution is -2.28. The maximum absolute atomic E-state index is 4.60. The summed E-state index contributed by atoms with van der Waals surface area (Å²) >= 11 is 0. The topological polar surface area (TPSA) is 29.9 Å². The van der Waals surface area contributed by atoms with Gasteiger partial charge in [-0.3, -0.25) is 0 Å². The molecule has 2 unspecified atom stereocenters. The monoisotopic (exact) mass is 249 g/mol. The van der Waals surface area contributed by atoms with Gasteiger partial charge in [0.2, 0.25) is 0 Å². The molecular formula is C15H27N3. The van der Waals surface area contributed by atoms with Crippen LogP contribution in [0.15, 0.2) is 6.33 Å². The Labute approximate surface area is 111 Å². The molecule has 102 valence electrons. The predicted octanol–water partition coefficient (Wildman–Crippen LogP) is 2.96. The summed E-state index contributed by atoms with van der Waals surface area (Å²) in [5.41, 5.74) is 2.85. The fraction of sp³-hybridized carbons (Fsp3) is 0.800. The van der Waals surface area contributed by atoms with Crippen LogP contribution in [0.2, 0.25) is 0 Å². The van der Waals surface area contributed by atoms with Gasteiger partial charge in [0, 0.05) is 11.7 Å². The van der Waals surface area contributed by atoms with E-state index >= 15 is 0 Å². The lowest BCUT2D eigenvalue weighted by molar-refractivity contribution is 0.352. The first-order valence-corrected chi connectivity index (χ1v) is 7.49. The first-order chi connectivity index (χ1) is 8.74. The standard InChI is InChI=1S/C15H27N3/c1-4-9-16-10-12(2)13(3)18-11-17-14-7-5-6-8-15(14)18/h11-13,16H,4-10H2,1-3H3. The van der Waals surface area contributed by atoms with E-state index in [1.165, 1.54) is 43.5 Å². The van der Waals surface area contributed by atoms with E-state index in [0.29, 0.717) is 12.0 Å². The third-order valence-electron chi connectivity index (χ3n) is 4.22. The van der Waals surface area contributed by atoms with Crippen molar-refractivity contribution in [1.82, 2.24) is 14.9 Å². The van der Waals surface area contributed by atoms with Crippen LogP contribution in [0.5, 0.6) is 0 Å². The average molecular weight is 249 g/mol. The number of nitrogens with one attached hydrogen (secondary N) is 1. The largest absolute Gasteiger partial charge is 0.331 e. The molecule has 1 heterocycles. The van der Waals surface area contributed by atoms with E-state index in [1.807, 2.05) is 0 Å². The molecule has 0 aliphatic heterocycles. The van der Waals surface area contributed by atoms with Crippen LogP contribution in [-0.4, -0.2) is 22.6 Å². The summed E-state index contributed by atoms with van der Waals surface area (Å²) in [5.74, 6) is 0.650. The highest BCUT2D eigenvalue weighted by Gasteiger charge is 2.21. The Balaban J connectivity index is 1.99. The zero-order valence-electron chi connectivity index (χ0n) is 12.1. The van der Waals surface area contributed by atoms with Gasteiger partial charge in [-0.1, -0.05) is 13.8 Å². The summed E-state index contributed by atoms with van der Waals surface area (Å²) in [6, 6.07) is 0.545. The Bertz CT molecular complexity index is 370. The third kappa shape index (κ3) is 2.94. The second-order valence-corrected chi connectivity index (χ2v) is 5.67. The van der Waals surface area contributed by atoms with Crippen molar-refractivity contribution in [3.05, 3.63) is 17.7 Å². The summed E-state index contributed by atoms with van der Waals surface area (Å²) in [4.78, 5) is 4.60. The molecule has 1 aromatic heterocycles. The summed E-state index contributed by atoms with van der Waals surface area (Å²) < 4.78 is 2.42. The molecule has 0 spiro atoms. The smallest absolute Gasteiger partial charge is 0.0954 e. The van der Waals surface area contributed by atoms with Gasteiger partial charge in [-0.25, -0.2) is 4.98 Å². The molecule has 1 aromatic rings. The van der Waals surface area contributed by atoms with Gasteiger partial charge in [-0.2, -0.15) is 0 Å². The van der Waals surface area contributed by atoms with Crippen LogP contribution < -0.4 is 5.32 Å². The van der Waals surface area contributed by atoms with Crippen molar-refractivity contribution in [2.75, 3.05) is 13.1 Å². The number of nitrogens with zero attached hydrogens (tertiary/aromatic N) is 2. The van der Waals surface area contributed by atoms with Crippen LogP contribution in [0.3, 0.4) is 0 Å². The molecule has 2 atom stereocenters. The molecule has 0 fully saturated rings. The Kier molecular flexibility index (Phi) is 4.81. The van der Waals surface area contributed by atoms with E-state index < -0.39 is 0 Å². The van der Waals surface area contributed by atoms with E-state index in [9.17, 15) is 0 Å². The minimum Gasteiger partial charge on any atom is -0.331 e. The van der Waals surface area contributed by atoms with E-state index in [1.54, 1.807) is 0 Å². The van der Waals surface area contributed by atoms with Crippen molar-refractivity contribution in [1.29, 1.82) is 0 Å². The molecule has 3 nitrogen and oxygen atoms in total. The van der Waals surface area contributed by atoms with Gasteiger partial charge in [-0.05, 0) is 58.0 Å². The molecule has 1 aliphatic rings. The lowest BCUT2D eigenvalue weighted by atomic mass is 9.98. The molecule has 0 radical (unpaired) electrons. The normalized spacial score (nSPS) is 18.4. The van der Waals surface area contributed by atoms with Crippen LogP contribution >= 0.6 is 0 Å². The SMILES string of the molecule is CCCNCC(C)C(C)n1cnc2c1CCCC2. The maximum atomic E-state index is 4.60. The number of aryl methyl sites for hydroxylation is 1. The maximum Gasteiger partial charge on any atom is 0.0954 e. The van der Waals surface area contributed by atoms with Crippen LogP contribution in [0.4, 0.5) is 0 Å². The molecule has 1 aliphatic carbocycles. The van der Waals surface area contributed by atoms with E-state index in [-0.39, 0.29) is 0 Å². The third-order valence-corrected chi connectivity index (χ3v) is 4.22. The van der Waals surface area contributed by atoms with Gasteiger partial charge in [0.05, 0.1) is 12.0 Å². The molecular weight excluding hydrogens is 222 g/mol. The Hall–Kier alpha value is -0.830. The number of fused-ring (bicyclic) bond motifs is 1. The number of hydrogen-bond donors (Lipinski definition) is 1. The molecule has 0 aromatic carbocycles. The number of imidazole rings is 1. The number of rotatable bonds is 6. The van der Waals surface area contributed by atoms with E-state index in [2.05, 4.69) is 42.0 Å². The average Bonchev–Trinajstić information content (AvgIpc) is 2.82. The van der Waals surface area contributed by atoms with Gasteiger partial charge < -0.3 is 9.88 Å². The molecule has 2 rings (SSSR count). The lowest BCUT2D eigenvalue weighted by Gasteiger charge is -2.25. The molecule has 18 heavy (non-hydrogen) atoms. The van der Waals surface area contributed by atoms with E-state index in [0.717, 1.165) is 13.1 Å². The van der Waals surface area contributed by atoms with Crippen molar-refractivity contribution >= 4 is 0 Å². The van der Waals surface area contributed by atoms with Gasteiger partial charge in [-0.15, -0.1) is 0 Å². The highest BCUT2D eigenvalue weighted by molar-refractivity contribution is 5.17. The van der Waals surface area contributed by atoms with Crippen LogP contribution in [0.1, 0.15) is 57.5 Å². The number of aromatic nitrogens is 2. The molecule has 3 heteroatoms. The van der Waals surface area contributed by atoms with Crippen molar-refractivity contribution < 1.29 is 0 Å². The first-order valence-electron chi connectivity index (χ1n) is 7.49. The summed E-state index contributed by atoms with van der Waals surface area (Å²) in [7, 11) is 0. The highest BCUT2D eigenvalue weighted by Crippen LogP contribution is 2.26. The van der Waals surface area contributed by atoms with Crippen molar-refractivity contribution in [2.45, 2.75) is 58.9 Å². The van der Waals surface area contributed by atoms with Crippen molar-refractivity contribution in [3.63, 3.8) is 0 Å².